The number of nitrogens with one attached hydrogen (secondary N) is 2. The Morgan fingerprint density at radius 3 is 2.31 bits per heavy atom. The highest BCUT2D eigenvalue weighted by Crippen LogP contribution is 2.27. The van der Waals surface area contributed by atoms with Gasteiger partial charge in [0, 0.05) is 26.2 Å². The minimum atomic E-state index is 0.288. The van der Waals surface area contributed by atoms with Crippen LogP contribution in [0.3, 0.4) is 0 Å². The third-order valence-corrected chi connectivity index (χ3v) is 2.50. The van der Waals surface area contributed by atoms with E-state index in [0.29, 0.717) is 0 Å². The topological polar surface area (TPSA) is 45.6 Å². The number of nitrogens with zero attached hydrogens (tertiary/aromatic N) is 1. The van der Waals surface area contributed by atoms with Crippen molar-refractivity contribution < 1.29 is 4.84 Å². The zero-order valence-corrected chi connectivity index (χ0v) is 8.68. The zero-order valence-electron chi connectivity index (χ0n) is 8.68. The predicted octanol–water partition coefficient (Wildman–Crippen LogP) is 0.208. The van der Waals surface area contributed by atoms with Crippen LogP contribution in [0.25, 0.3) is 0 Å². The van der Waals surface area contributed by atoms with Crippen LogP contribution in [-0.4, -0.2) is 39.0 Å². The molecule has 0 saturated carbocycles. The van der Waals surface area contributed by atoms with E-state index in [1.165, 1.54) is 5.71 Å². The van der Waals surface area contributed by atoms with E-state index < -0.39 is 0 Å². The molecule has 0 aliphatic carbocycles. The normalized spacial score (nSPS) is 26.5. The van der Waals surface area contributed by atoms with Gasteiger partial charge in [-0.05, 0) is 0 Å². The summed E-state index contributed by atoms with van der Waals surface area (Å²) in [6.45, 7) is 8.02. The Morgan fingerprint density at radius 1 is 1.23 bits per heavy atom. The van der Waals surface area contributed by atoms with Crippen LogP contribution >= 0.6 is 0 Å². The Bertz CT molecular complexity index is 187. The molecule has 2 N–H and O–H groups in total. The van der Waals surface area contributed by atoms with Gasteiger partial charge in [-0.3, -0.25) is 0 Å². The van der Waals surface area contributed by atoms with Crippen LogP contribution in [0.5, 0.6) is 0 Å². The first-order valence-electron chi connectivity index (χ1n) is 4.89. The van der Waals surface area contributed by atoms with Crippen molar-refractivity contribution in [2.24, 2.45) is 10.6 Å². The average molecular weight is 185 g/mol. The van der Waals surface area contributed by atoms with Gasteiger partial charge in [0.25, 0.3) is 0 Å². The first-order valence-corrected chi connectivity index (χ1v) is 4.89. The molecule has 0 unspecified atom stereocenters. The molecule has 0 radical (unpaired) electrons. The lowest BCUT2D eigenvalue weighted by Gasteiger charge is -2.38. The van der Waals surface area contributed by atoms with Crippen molar-refractivity contribution in [3.63, 3.8) is 0 Å². The van der Waals surface area contributed by atoms with Crippen LogP contribution in [0.15, 0.2) is 5.16 Å². The molecule has 4 nitrogen and oxygen atoms in total. The van der Waals surface area contributed by atoms with Gasteiger partial charge in [-0.15, -0.1) is 0 Å². The minimum absolute atomic E-state index is 0.288. The molecule has 0 aromatic heterocycles. The highest BCUT2D eigenvalue weighted by molar-refractivity contribution is 5.95. The molecule has 1 spiro atoms. The summed E-state index contributed by atoms with van der Waals surface area (Å²) in [5.41, 5.74) is 1.45. The van der Waals surface area contributed by atoms with Crippen molar-refractivity contribution in [1.29, 1.82) is 0 Å². The fraction of sp³-hybridized carbons (Fsp3) is 0.889. The van der Waals surface area contributed by atoms with Crippen molar-refractivity contribution in [2.45, 2.75) is 13.8 Å². The summed E-state index contributed by atoms with van der Waals surface area (Å²) in [6.07, 6.45) is 0. The average Bonchev–Trinajstić information content (AvgIpc) is 2.52. The van der Waals surface area contributed by atoms with Gasteiger partial charge in [-0.2, -0.15) is 0 Å². The van der Waals surface area contributed by atoms with Gasteiger partial charge in [-0.25, -0.2) is 0 Å². The van der Waals surface area contributed by atoms with E-state index in [0.717, 1.165) is 26.2 Å². The first-order chi connectivity index (χ1) is 6.37. The van der Waals surface area contributed by atoms with Gasteiger partial charge >= 0.3 is 0 Å². The van der Waals surface area contributed by atoms with Gasteiger partial charge in [0.15, 0.2) is 0 Å². The van der Waals surface area contributed by atoms with Crippen LogP contribution in [0, 0.1) is 5.41 Å². The summed E-state index contributed by atoms with van der Waals surface area (Å²) >= 11 is 0. The minimum Gasteiger partial charge on any atom is -0.399 e. The molecular formula is C9H19N3O. The second kappa shape index (κ2) is 4.58. The molecule has 0 atom stereocenters. The largest absolute Gasteiger partial charge is 0.399 e. The molecule has 2 saturated heterocycles. The molecule has 4 heteroatoms. The van der Waals surface area contributed by atoms with Crippen LogP contribution in [0.1, 0.15) is 13.8 Å². The fourth-order valence-corrected chi connectivity index (χ4v) is 1.70. The lowest BCUT2D eigenvalue weighted by molar-refractivity contribution is 0.200. The molecular weight excluding hydrogens is 166 g/mol. The Hall–Kier alpha value is -0.610. The summed E-state index contributed by atoms with van der Waals surface area (Å²) in [7, 11) is 1.60. The van der Waals surface area contributed by atoms with Crippen LogP contribution in [-0.2, 0) is 4.84 Å². The Morgan fingerprint density at radius 2 is 1.85 bits per heavy atom. The third-order valence-electron chi connectivity index (χ3n) is 2.50. The molecule has 2 heterocycles. The summed E-state index contributed by atoms with van der Waals surface area (Å²) in [4.78, 5) is 4.78. The fourth-order valence-electron chi connectivity index (χ4n) is 1.70. The van der Waals surface area contributed by atoms with Crippen LogP contribution in [0.2, 0.25) is 0 Å². The van der Waals surface area contributed by atoms with Crippen molar-refractivity contribution in [1.82, 2.24) is 10.6 Å². The second-order valence-corrected chi connectivity index (χ2v) is 3.21. The maximum absolute atomic E-state index is 4.78. The standard InChI is InChI=1S/C7H13N3O.C2H6/c1-11-10-6-2-8-3-7(6)4-9-5-7;1-2/h8-9H,2-5H2,1H3;1-2H3/b10-6-;. The Balaban J connectivity index is 0.000000396. The van der Waals surface area contributed by atoms with Gasteiger partial charge in [0.05, 0.1) is 11.1 Å². The maximum atomic E-state index is 4.78. The molecule has 2 aliphatic heterocycles. The molecule has 2 aliphatic rings. The lowest BCUT2D eigenvalue weighted by atomic mass is 9.80. The van der Waals surface area contributed by atoms with E-state index in [-0.39, 0.29) is 5.41 Å². The van der Waals surface area contributed by atoms with Crippen LogP contribution < -0.4 is 10.6 Å². The quantitative estimate of drug-likeness (QED) is 0.574. The lowest BCUT2D eigenvalue weighted by Crippen LogP contribution is -2.58. The molecule has 0 aromatic carbocycles. The van der Waals surface area contributed by atoms with Crippen LogP contribution in [0.4, 0.5) is 0 Å². The smallest absolute Gasteiger partial charge is 0.106 e. The molecule has 2 fully saturated rings. The Kier molecular flexibility index (Phi) is 3.69. The molecule has 0 amide bonds. The van der Waals surface area contributed by atoms with E-state index in [1.807, 2.05) is 13.8 Å². The highest BCUT2D eigenvalue weighted by atomic mass is 16.6. The van der Waals surface area contributed by atoms with E-state index >= 15 is 0 Å². The number of hydrogen-bond donors (Lipinski definition) is 2. The molecule has 0 aromatic rings. The highest BCUT2D eigenvalue weighted by Gasteiger charge is 2.45. The number of oxime groups is 1. The van der Waals surface area contributed by atoms with Gasteiger partial charge < -0.3 is 15.5 Å². The molecule has 76 valence electrons. The molecule has 2 rings (SSSR count). The molecule has 0 bridgehead atoms. The summed E-state index contributed by atoms with van der Waals surface area (Å²) < 4.78 is 0. The predicted molar refractivity (Wildman–Crippen MR) is 54.0 cm³/mol. The zero-order chi connectivity index (χ0) is 9.73. The number of hydrogen-bond acceptors (Lipinski definition) is 4. The maximum Gasteiger partial charge on any atom is 0.106 e. The van der Waals surface area contributed by atoms with Crippen molar-refractivity contribution >= 4 is 5.71 Å². The summed E-state index contributed by atoms with van der Waals surface area (Å²) in [5.74, 6) is 0. The van der Waals surface area contributed by atoms with Crippen molar-refractivity contribution in [2.75, 3.05) is 33.3 Å². The second-order valence-electron chi connectivity index (χ2n) is 3.21. The van der Waals surface area contributed by atoms with Crippen molar-refractivity contribution in [3.8, 4) is 0 Å². The Labute approximate surface area is 79.7 Å². The third kappa shape index (κ3) is 1.84. The monoisotopic (exact) mass is 185 g/mol. The van der Waals surface area contributed by atoms with Gasteiger partial charge in [0.1, 0.15) is 7.11 Å². The summed E-state index contributed by atoms with van der Waals surface area (Å²) in [6, 6.07) is 0. The van der Waals surface area contributed by atoms with Gasteiger partial charge in [-0.1, -0.05) is 19.0 Å². The summed E-state index contributed by atoms with van der Waals surface area (Å²) in [5, 5.41) is 10.6. The van der Waals surface area contributed by atoms with E-state index in [9.17, 15) is 0 Å². The van der Waals surface area contributed by atoms with E-state index in [4.69, 9.17) is 4.84 Å². The van der Waals surface area contributed by atoms with E-state index in [2.05, 4.69) is 15.8 Å². The first kappa shape index (κ1) is 10.5. The van der Waals surface area contributed by atoms with Gasteiger partial charge in [0.2, 0.25) is 0 Å². The SMILES string of the molecule is CC.CO/N=C1/CNCC12CNC2. The molecule has 13 heavy (non-hydrogen) atoms. The van der Waals surface area contributed by atoms with E-state index in [1.54, 1.807) is 7.11 Å². The number of rotatable bonds is 1. The van der Waals surface area contributed by atoms with Crippen molar-refractivity contribution in [3.05, 3.63) is 0 Å².